The highest BCUT2D eigenvalue weighted by Crippen LogP contribution is 2.42. The number of nitrogens with zero attached hydrogens (tertiary/aromatic N) is 3. The van der Waals surface area contributed by atoms with Gasteiger partial charge in [0.1, 0.15) is 5.54 Å². The van der Waals surface area contributed by atoms with Gasteiger partial charge in [0.05, 0.1) is 23.2 Å². The summed E-state index contributed by atoms with van der Waals surface area (Å²) in [4.78, 5) is 29.2. The smallest absolute Gasteiger partial charge is 0.324 e. The molecule has 4 rings (SSSR count). The largest absolute Gasteiger partial charge is 0.407 e. The number of benzene rings is 2. The van der Waals surface area contributed by atoms with Crippen LogP contribution in [-0.2, 0) is 23.6 Å². The molecule has 1 N–H and O–H groups in total. The van der Waals surface area contributed by atoms with Gasteiger partial charge >= 0.3 is 11.9 Å². The molecule has 160 valence electrons. The van der Waals surface area contributed by atoms with Crippen molar-refractivity contribution in [2.75, 3.05) is 5.32 Å². The molecular formula is C22H19F3N4O2. The Morgan fingerprint density at radius 1 is 1.16 bits per heavy atom. The van der Waals surface area contributed by atoms with Crippen LogP contribution in [-0.4, -0.2) is 15.0 Å². The van der Waals surface area contributed by atoms with E-state index in [1.165, 1.54) is 15.2 Å². The summed E-state index contributed by atoms with van der Waals surface area (Å²) in [6.07, 6.45) is -3.21. The first-order chi connectivity index (χ1) is 14.6. The van der Waals surface area contributed by atoms with Crippen molar-refractivity contribution in [3.05, 3.63) is 69.4 Å². The van der Waals surface area contributed by atoms with Gasteiger partial charge in [-0.05, 0) is 56.0 Å². The highest BCUT2D eigenvalue weighted by molar-refractivity contribution is 5.98. The Morgan fingerprint density at radius 2 is 1.87 bits per heavy atom. The van der Waals surface area contributed by atoms with E-state index in [0.717, 1.165) is 17.7 Å². The Bertz CT molecular complexity index is 1310. The van der Waals surface area contributed by atoms with Crippen molar-refractivity contribution in [3.63, 3.8) is 0 Å². The number of aromatic nitrogens is 2. The number of anilines is 1. The number of fused-ring (bicyclic) bond motifs is 1. The molecule has 6 nitrogen and oxygen atoms in total. The fourth-order valence-corrected chi connectivity index (χ4v) is 4.11. The minimum Gasteiger partial charge on any atom is -0.324 e. The summed E-state index contributed by atoms with van der Waals surface area (Å²) < 4.78 is 42.8. The van der Waals surface area contributed by atoms with Crippen molar-refractivity contribution >= 4 is 28.3 Å². The topological polar surface area (TPSA) is 60.4 Å². The molecule has 1 amide bonds. The predicted octanol–water partition coefficient (Wildman–Crippen LogP) is 4.74. The molecule has 0 saturated heterocycles. The predicted molar refractivity (Wildman–Crippen MR) is 110 cm³/mol. The summed E-state index contributed by atoms with van der Waals surface area (Å²) in [6.45, 7) is 8.84. The molecule has 0 aliphatic heterocycles. The quantitative estimate of drug-likeness (QED) is 0.613. The molecule has 1 aromatic heterocycles. The molecule has 0 spiro atoms. The number of nitrogens with one attached hydrogen (secondary N) is 1. The van der Waals surface area contributed by atoms with E-state index >= 15 is 0 Å². The van der Waals surface area contributed by atoms with Crippen molar-refractivity contribution in [3.8, 4) is 0 Å². The van der Waals surface area contributed by atoms with E-state index in [1.54, 1.807) is 13.1 Å². The van der Waals surface area contributed by atoms with Gasteiger partial charge in [-0.3, -0.25) is 13.9 Å². The van der Waals surface area contributed by atoms with Crippen molar-refractivity contribution < 1.29 is 18.0 Å². The number of halogens is 3. The Labute approximate surface area is 175 Å². The number of aryl methyl sites for hydroxylation is 2. The number of imidazole rings is 1. The SMILES string of the molecule is [C-]#[N+]c1ccc(NC(=O)C2(n3c(=O)n(C)c4cc(C)ccc43)CCC2)cc1C(F)(F)F. The summed E-state index contributed by atoms with van der Waals surface area (Å²) in [6, 6.07) is 8.55. The Morgan fingerprint density at radius 3 is 2.45 bits per heavy atom. The van der Waals surface area contributed by atoms with Gasteiger partial charge in [-0.1, -0.05) is 12.1 Å². The number of hydrogen-bond donors (Lipinski definition) is 1. The van der Waals surface area contributed by atoms with Crippen LogP contribution < -0.4 is 11.0 Å². The Balaban J connectivity index is 1.77. The molecule has 1 fully saturated rings. The van der Waals surface area contributed by atoms with E-state index < -0.39 is 28.9 Å². The van der Waals surface area contributed by atoms with E-state index in [0.29, 0.717) is 30.3 Å². The average molecular weight is 428 g/mol. The molecule has 1 aliphatic carbocycles. The van der Waals surface area contributed by atoms with Gasteiger partial charge < -0.3 is 5.32 Å². The highest BCUT2D eigenvalue weighted by Gasteiger charge is 2.48. The lowest BCUT2D eigenvalue weighted by atomic mass is 9.75. The summed E-state index contributed by atoms with van der Waals surface area (Å²) in [5.74, 6) is -0.544. The lowest BCUT2D eigenvalue weighted by Crippen LogP contribution is -2.54. The number of hydrogen-bond acceptors (Lipinski definition) is 2. The molecule has 0 atom stereocenters. The monoisotopic (exact) mass is 428 g/mol. The second kappa shape index (κ2) is 7.01. The molecule has 9 heteroatoms. The van der Waals surface area contributed by atoms with Crippen LogP contribution in [0.4, 0.5) is 24.5 Å². The first-order valence-electron chi connectivity index (χ1n) is 9.67. The summed E-state index contributed by atoms with van der Waals surface area (Å²) in [5.41, 5.74) is -0.993. The zero-order valence-corrected chi connectivity index (χ0v) is 16.9. The highest BCUT2D eigenvalue weighted by atomic mass is 19.4. The molecule has 0 radical (unpaired) electrons. The van der Waals surface area contributed by atoms with E-state index in [-0.39, 0.29) is 11.4 Å². The van der Waals surface area contributed by atoms with E-state index in [2.05, 4.69) is 10.2 Å². The standard InChI is InChI=1S/C22H19F3N4O2/c1-13-5-8-17-18(11-13)28(3)20(31)29(17)21(9-4-10-21)19(30)27-14-6-7-16(26-2)15(12-14)22(23,24)25/h5-8,11-12H,4,9-10H2,1,3H3,(H,27,30). The molecule has 31 heavy (non-hydrogen) atoms. The fourth-order valence-electron chi connectivity index (χ4n) is 4.11. The maximum absolute atomic E-state index is 13.3. The lowest BCUT2D eigenvalue weighted by Gasteiger charge is -2.41. The van der Waals surface area contributed by atoms with E-state index in [9.17, 15) is 22.8 Å². The van der Waals surface area contributed by atoms with E-state index in [1.807, 2.05) is 19.1 Å². The van der Waals surface area contributed by atoms with Crippen LogP contribution in [0.5, 0.6) is 0 Å². The molecule has 1 saturated carbocycles. The van der Waals surface area contributed by atoms with Crippen molar-refractivity contribution in [2.45, 2.75) is 37.9 Å². The van der Waals surface area contributed by atoms with Gasteiger partial charge in [0.15, 0.2) is 5.69 Å². The second-order valence-corrected chi connectivity index (χ2v) is 7.85. The number of alkyl halides is 3. The summed E-state index contributed by atoms with van der Waals surface area (Å²) >= 11 is 0. The van der Waals surface area contributed by atoms with Crippen LogP contribution in [0.15, 0.2) is 41.2 Å². The molecular weight excluding hydrogens is 409 g/mol. The molecule has 0 unspecified atom stereocenters. The number of carbonyl (C=O) groups excluding carboxylic acids is 1. The van der Waals surface area contributed by atoms with Gasteiger partial charge in [0, 0.05) is 12.7 Å². The Hall–Kier alpha value is -3.54. The van der Waals surface area contributed by atoms with Crippen LogP contribution in [0.3, 0.4) is 0 Å². The minimum absolute atomic E-state index is 0.0693. The molecule has 0 bridgehead atoms. The van der Waals surface area contributed by atoms with Crippen molar-refractivity contribution in [1.29, 1.82) is 0 Å². The van der Waals surface area contributed by atoms with Crippen LogP contribution in [0.1, 0.15) is 30.4 Å². The molecule has 1 aliphatic rings. The van der Waals surface area contributed by atoms with Gasteiger partial charge in [0.2, 0.25) is 0 Å². The fraction of sp³-hybridized carbons (Fsp3) is 0.318. The molecule has 1 heterocycles. The number of rotatable bonds is 3. The summed E-state index contributed by atoms with van der Waals surface area (Å²) in [7, 11) is 1.63. The van der Waals surface area contributed by atoms with Crippen molar-refractivity contribution in [1.82, 2.24) is 9.13 Å². The first-order valence-corrected chi connectivity index (χ1v) is 9.67. The van der Waals surface area contributed by atoms with Gasteiger partial charge in [-0.2, -0.15) is 13.2 Å². The van der Waals surface area contributed by atoms with Crippen LogP contribution in [0.25, 0.3) is 15.9 Å². The zero-order valence-electron chi connectivity index (χ0n) is 16.9. The van der Waals surface area contributed by atoms with Crippen LogP contribution >= 0.6 is 0 Å². The number of carbonyl (C=O) groups is 1. The van der Waals surface area contributed by atoms with Gasteiger partial charge in [0.25, 0.3) is 5.91 Å². The van der Waals surface area contributed by atoms with Gasteiger partial charge in [-0.15, -0.1) is 0 Å². The van der Waals surface area contributed by atoms with Crippen LogP contribution in [0, 0.1) is 13.5 Å². The lowest BCUT2D eigenvalue weighted by molar-refractivity contribution is -0.137. The number of amides is 1. The third-order valence-corrected chi connectivity index (χ3v) is 5.92. The third kappa shape index (κ3) is 3.19. The molecule has 2 aromatic carbocycles. The first kappa shape index (κ1) is 20.7. The summed E-state index contributed by atoms with van der Waals surface area (Å²) in [5, 5.41) is 2.55. The zero-order chi connectivity index (χ0) is 22.6. The van der Waals surface area contributed by atoms with E-state index in [4.69, 9.17) is 6.57 Å². The average Bonchev–Trinajstić information content (AvgIpc) is 2.91. The second-order valence-electron chi connectivity index (χ2n) is 7.85. The van der Waals surface area contributed by atoms with Crippen molar-refractivity contribution in [2.24, 2.45) is 7.05 Å². The molecule has 3 aromatic rings. The van der Waals surface area contributed by atoms with Gasteiger partial charge in [-0.25, -0.2) is 9.64 Å². The maximum Gasteiger partial charge on any atom is 0.407 e. The maximum atomic E-state index is 13.3. The Kier molecular flexibility index (Phi) is 4.69. The normalized spacial score (nSPS) is 15.4. The third-order valence-electron chi connectivity index (χ3n) is 5.92. The minimum atomic E-state index is -4.72. The van der Waals surface area contributed by atoms with Crippen LogP contribution in [0.2, 0.25) is 0 Å².